The molecule has 0 aliphatic rings. The van der Waals surface area contributed by atoms with Gasteiger partial charge in [0.05, 0.1) is 12.7 Å². The molecule has 0 saturated heterocycles. The Morgan fingerprint density at radius 3 is 2.71 bits per heavy atom. The first kappa shape index (κ1) is 18.1. The van der Waals surface area contributed by atoms with Gasteiger partial charge in [-0.25, -0.2) is 14.2 Å². The van der Waals surface area contributed by atoms with Crippen molar-refractivity contribution in [2.45, 2.75) is 32.9 Å². The van der Waals surface area contributed by atoms with E-state index >= 15 is 0 Å². The van der Waals surface area contributed by atoms with E-state index in [1.807, 2.05) is 0 Å². The third-order valence-corrected chi connectivity index (χ3v) is 3.16. The fourth-order valence-electron chi connectivity index (χ4n) is 1.99. The van der Waals surface area contributed by atoms with E-state index in [1.54, 1.807) is 34.9 Å². The van der Waals surface area contributed by atoms with Crippen LogP contribution in [-0.4, -0.2) is 43.6 Å². The minimum absolute atomic E-state index is 0.109. The van der Waals surface area contributed by atoms with Crippen molar-refractivity contribution in [3.8, 4) is 11.3 Å². The number of halogens is 2. The molecule has 0 saturated carbocycles. The van der Waals surface area contributed by atoms with Crippen LogP contribution < -0.4 is 0 Å². The van der Waals surface area contributed by atoms with Gasteiger partial charge < -0.3 is 9.64 Å². The van der Waals surface area contributed by atoms with Gasteiger partial charge in [-0.2, -0.15) is 15.0 Å². The van der Waals surface area contributed by atoms with Crippen molar-refractivity contribution in [3.63, 3.8) is 0 Å². The minimum Gasteiger partial charge on any atom is -0.444 e. The van der Waals surface area contributed by atoms with Crippen LogP contribution in [0.15, 0.2) is 12.3 Å². The molecule has 130 valence electrons. The lowest BCUT2D eigenvalue weighted by atomic mass is 10.1. The van der Waals surface area contributed by atoms with Crippen molar-refractivity contribution in [2.24, 2.45) is 7.05 Å². The maximum absolute atomic E-state index is 14.1. The smallest absolute Gasteiger partial charge is 0.410 e. The lowest BCUT2D eigenvalue weighted by molar-refractivity contribution is 0.0283. The van der Waals surface area contributed by atoms with E-state index in [0.717, 1.165) is 6.20 Å². The summed E-state index contributed by atoms with van der Waals surface area (Å²) in [5, 5.41) is 8.51. The molecule has 0 N–H and O–H groups in total. The predicted molar refractivity (Wildman–Crippen MR) is 86.9 cm³/mol. The minimum atomic E-state index is -0.610. The molecule has 0 spiro atoms. The van der Waals surface area contributed by atoms with E-state index in [-0.39, 0.29) is 17.3 Å². The number of rotatable bonds is 3. The number of hydrogen-bond acceptors (Lipinski definition) is 5. The number of pyridine rings is 1. The summed E-state index contributed by atoms with van der Waals surface area (Å²) in [5.74, 6) is -0.568. The molecule has 0 fully saturated rings. The molecule has 0 unspecified atom stereocenters. The van der Waals surface area contributed by atoms with Crippen LogP contribution in [0.3, 0.4) is 0 Å². The summed E-state index contributed by atoms with van der Waals surface area (Å²) in [4.78, 5) is 18.4. The van der Waals surface area contributed by atoms with Crippen molar-refractivity contribution in [1.29, 1.82) is 0 Å². The highest BCUT2D eigenvalue weighted by atomic mass is 35.5. The van der Waals surface area contributed by atoms with Gasteiger partial charge in [-0.3, -0.25) is 0 Å². The van der Waals surface area contributed by atoms with Gasteiger partial charge in [-0.05, 0) is 26.8 Å². The third kappa shape index (κ3) is 4.41. The number of aryl methyl sites for hydroxylation is 1. The van der Waals surface area contributed by atoms with Gasteiger partial charge in [0.25, 0.3) is 0 Å². The average Bonchev–Trinajstić information content (AvgIpc) is 2.80. The Morgan fingerprint density at radius 2 is 2.08 bits per heavy atom. The molecule has 1 amide bonds. The van der Waals surface area contributed by atoms with Crippen LogP contribution in [0.25, 0.3) is 11.3 Å². The Balaban J connectivity index is 2.29. The topological polar surface area (TPSA) is 73.1 Å². The quantitative estimate of drug-likeness (QED) is 0.791. The van der Waals surface area contributed by atoms with Gasteiger partial charge >= 0.3 is 6.09 Å². The van der Waals surface area contributed by atoms with Crippen molar-refractivity contribution in [3.05, 3.63) is 28.9 Å². The molecule has 0 atom stereocenters. The largest absolute Gasteiger partial charge is 0.444 e. The number of nitrogens with zero attached hydrogens (tertiary/aromatic N) is 5. The lowest BCUT2D eigenvalue weighted by Crippen LogP contribution is -2.34. The maximum atomic E-state index is 14.1. The molecule has 0 bridgehead atoms. The Morgan fingerprint density at radius 1 is 1.42 bits per heavy atom. The van der Waals surface area contributed by atoms with Crippen LogP contribution >= 0.6 is 11.6 Å². The highest BCUT2D eigenvalue weighted by molar-refractivity contribution is 6.29. The van der Waals surface area contributed by atoms with Crippen molar-refractivity contribution >= 4 is 17.7 Å². The summed E-state index contributed by atoms with van der Waals surface area (Å²) in [6.45, 7) is 5.44. The summed E-state index contributed by atoms with van der Waals surface area (Å²) in [6, 6.07) is 1.37. The van der Waals surface area contributed by atoms with Crippen molar-refractivity contribution in [1.82, 2.24) is 24.9 Å². The summed E-state index contributed by atoms with van der Waals surface area (Å²) in [7, 11) is 3.18. The zero-order valence-corrected chi connectivity index (χ0v) is 14.9. The average molecular weight is 356 g/mol. The molecule has 0 radical (unpaired) electrons. The zero-order chi connectivity index (χ0) is 18.1. The van der Waals surface area contributed by atoms with E-state index in [1.165, 1.54) is 15.8 Å². The monoisotopic (exact) mass is 355 g/mol. The van der Waals surface area contributed by atoms with Gasteiger partial charge in [0.15, 0.2) is 5.82 Å². The van der Waals surface area contributed by atoms with Crippen LogP contribution in [-0.2, 0) is 18.3 Å². The fraction of sp³-hybridized carbons (Fsp3) is 0.467. The molecular formula is C15H19ClFN5O2. The Hall–Kier alpha value is -2.22. The van der Waals surface area contributed by atoms with Crippen molar-refractivity contribution < 1.29 is 13.9 Å². The normalized spacial score (nSPS) is 11.5. The SMILES string of the molecule is CN(Cc1nn(C)nc1-c1cc(Cl)ncc1F)C(=O)OC(C)(C)C. The second-order valence-electron chi connectivity index (χ2n) is 6.31. The third-order valence-electron chi connectivity index (χ3n) is 2.95. The molecular weight excluding hydrogens is 337 g/mol. The van der Waals surface area contributed by atoms with Gasteiger partial charge in [-0.15, -0.1) is 0 Å². The summed E-state index contributed by atoms with van der Waals surface area (Å²) < 4.78 is 19.4. The van der Waals surface area contributed by atoms with E-state index in [9.17, 15) is 9.18 Å². The van der Waals surface area contributed by atoms with Crippen LogP contribution in [0.4, 0.5) is 9.18 Å². The molecule has 2 aromatic rings. The first-order chi connectivity index (χ1) is 11.1. The molecule has 0 aromatic carbocycles. The van der Waals surface area contributed by atoms with Crippen LogP contribution in [0, 0.1) is 5.82 Å². The standard InChI is InChI=1S/C15H19ClFN5O2/c1-15(2,3)24-14(23)21(4)8-11-13(20-22(5)19-11)9-6-12(16)18-7-10(9)17/h6-7H,8H2,1-5H3. The van der Waals surface area contributed by atoms with E-state index in [4.69, 9.17) is 16.3 Å². The number of hydrogen-bond donors (Lipinski definition) is 0. The first-order valence-electron chi connectivity index (χ1n) is 7.22. The zero-order valence-electron chi connectivity index (χ0n) is 14.2. The molecule has 24 heavy (non-hydrogen) atoms. The molecule has 7 nitrogen and oxygen atoms in total. The van der Waals surface area contributed by atoms with Crippen LogP contribution in [0.1, 0.15) is 26.5 Å². The second kappa shape index (κ2) is 6.72. The van der Waals surface area contributed by atoms with E-state index in [0.29, 0.717) is 11.4 Å². The van der Waals surface area contributed by atoms with Crippen LogP contribution in [0.2, 0.25) is 5.15 Å². The van der Waals surface area contributed by atoms with Gasteiger partial charge in [0.1, 0.15) is 22.1 Å². The Kier molecular flexibility index (Phi) is 5.08. The summed E-state index contributed by atoms with van der Waals surface area (Å²) in [5.41, 5.74) is 0.291. The highest BCUT2D eigenvalue weighted by Crippen LogP contribution is 2.26. The summed E-state index contributed by atoms with van der Waals surface area (Å²) in [6.07, 6.45) is 0.514. The Labute approximate surface area is 144 Å². The molecule has 0 aliphatic heterocycles. The number of ether oxygens (including phenoxy) is 1. The number of aromatic nitrogens is 4. The summed E-state index contributed by atoms with van der Waals surface area (Å²) >= 11 is 5.84. The van der Waals surface area contributed by atoms with E-state index < -0.39 is 17.5 Å². The van der Waals surface area contributed by atoms with Gasteiger partial charge in [0.2, 0.25) is 0 Å². The second-order valence-corrected chi connectivity index (χ2v) is 6.70. The van der Waals surface area contributed by atoms with E-state index in [2.05, 4.69) is 15.2 Å². The first-order valence-corrected chi connectivity index (χ1v) is 7.60. The van der Waals surface area contributed by atoms with Crippen molar-refractivity contribution in [2.75, 3.05) is 7.05 Å². The molecule has 2 heterocycles. The number of amides is 1. The van der Waals surface area contributed by atoms with Gasteiger partial charge in [0, 0.05) is 19.7 Å². The highest BCUT2D eigenvalue weighted by Gasteiger charge is 2.23. The predicted octanol–water partition coefficient (Wildman–Crippen LogP) is 3.04. The molecule has 2 aromatic heterocycles. The maximum Gasteiger partial charge on any atom is 0.410 e. The molecule has 9 heteroatoms. The number of carbonyl (C=O) groups is 1. The van der Waals surface area contributed by atoms with Crippen LogP contribution in [0.5, 0.6) is 0 Å². The van der Waals surface area contributed by atoms with Gasteiger partial charge in [-0.1, -0.05) is 11.6 Å². The molecule has 0 aliphatic carbocycles. The lowest BCUT2D eigenvalue weighted by Gasteiger charge is -2.24. The molecule has 2 rings (SSSR count). The number of carbonyl (C=O) groups excluding carboxylic acids is 1. The fourth-order valence-corrected chi connectivity index (χ4v) is 2.14. The Bertz CT molecular complexity index is 757.